The standard InChI is InChI=1S/C50H78N2O16/c1-31-15-13-11-9-7-5-3-4-6-8-10-12-14-16-37(67-49-47(62)46(51)42(60)30-65-49)27-43-45(48(63)52-22-21-33-17-18-33)41(59)29-50(64,68-43)28-36(55)25-40(58)38(56)20-19-34(53)24-35(54)26-44(61)66-32(2)23-39(31)57/h3-16,31-43,45-47,49,53-60,62,64H,17-30,51H2,1-2H3,(H,52,63)/b4-3+,7-5+,8-6+,11-9+,12-10+,15-13+,16-14+/t31-,32-,34?,35?,36?,37?,38?,39-,40?,41-,42+,43-,45+,46-,47-,49-,50?/m0/s1. The summed E-state index contributed by atoms with van der Waals surface area (Å²) in [5.41, 5.74) is 6.02. The summed E-state index contributed by atoms with van der Waals surface area (Å²) in [6.07, 6.45) is 9.32. The van der Waals surface area contributed by atoms with Crippen LogP contribution in [-0.2, 0) is 28.5 Å². The lowest BCUT2D eigenvalue weighted by Crippen LogP contribution is -2.59. The Morgan fingerprint density at radius 3 is 1.96 bits per heavy atom. The average Bonchev–Trinajstić information content (AvgIpc) is 4.09. The summed E-state index contributed by atoms with van der Waals surface area (Å²) < 4.78 is 23.4. The first-order chi connectivity index (χ1) is 32.3. The molecule has 7 unspecified atom stereocenters. The van der Waals surface area contributed by atoms with E-state index in [1.807, 2.05) is 49.5 Å². The van der Waals surface area contributed by atoms with E-state index in [0.29, 0.717) is 12.5 Å². The van der Waals surface area contributed by atoms with E-state index in [0.717, 1.165) is 19.3 Å². The lowest BCUT2D eigenvalue weighted by atomic mass is 9.82. The molecule has 1 aliphatic carbocycles. The van der Waals surface area contributed by atoms with E-state index in [4.69, 9.17) is 24.7 Å². The van der Waals surface area contributed by atoms with E-state index in [9.17, 15) is 60.7 Å². The van der Waals surface area contributed by atoms with Crippen molar-refractivity contribution in [1.29, 1.82) is 0 Å². The van der Waals surface area contributed by atoms with Crippen molar-refractivity contribution in [2.24, 2.45) is 23.5 Å². The molecule has 0 aromatic heterocycles. The summed E-state index contributed by atoms with van der Waals surface area (Å²) in [7, 11) is 0. The fraction of sp³-hybridized carbons (Fsp3) is 0.680. The van der Waals surface area contributed by atoms with Crippen molar-refractivity contribution < 1.29 is 79.6 Å². The van der Waals surface area contributed by atoms with Gasteiger partial charge in [0.2, 0.25) is 5.91 Å². The maximum Gasteiger partial charge on any atom is 0.308 e. The second kappa shape index (κ2) is 29.0. The predicted octanol–water partition coefficient (Wildman–Crippen LogP) is 0.909. The number of nitrogens with one attached hydrogen (secondary N) is 1. The van der Waals surface area contributed by atoms with Crippen LogP contribution < -0.4 is 11.1 Å². The van der Waals surface area contributed by atoms with Crippen LogP contribution in [0, 0.1) is 17.8 Å². The fourth-order valence-electron chi connectivity index (χ4n) is 8.43. The number of aliphatic hydroxyl groups excluding tert-OH is 9. The Balaban J connectivity index is 1.55. The first-order valence-electron chi connectivity index (χ1n) is 24.0. The molecule has 18 heteroatoms. The van der Waals surface area contributed by atoms with Gasteiger partial charge < -0.3 is 81.1 Å². The van der Waals surface area contributed by atoms with Crippen LogP contribution in [0.1, 0.15) is 90.9 Å². The highest BCUT2D eigenvalue weighted by molar-refractivity contribution is 5.80. The smallest absolute Gasteiger partial charge is 0.308 e. The monoisotopic (exact) mass is 963 g/mol. The maximum absolute atomic E-state index is 13.7. The van der Waals surface area contributed by atoms with Crippen LogP contribution in [0.15, 0.2) is 85.1 Å². The molecule has 3 heterocycles. The van der Waals surface area contributed by atoms with Crippen molar-refractivity contribution in [3.63, 3.8) is 0 Å². The summed E-state index contributed by atoms with van der Waals surface area (Å²) >= 11 is 0. The van der Waals surface area contributed by atoms with Crippen molar-refractivity contribution in [1.82, 2.24) is 5.32 Å². The van der Waals surface area contributed by atoms with E-state index >= 15 is 0 Å². The van der Waals surface area contributed by atoms with Gasteiger partial charge in [0, 0.05) is 44.6 Å². The zero-order valence-corrected chi connectivity index (χ0v) is 39.3. The number of hydrogen-bond acceptors (Lipinski definition) is 17. The minimum Gasteiger partial charge on any atom is -0.462 e. The van der Waals surface area contributed by atoms with Gasteiger partial charge >= 0.3 is 5.97 Å². The Hall–Kier alpha value is -3.44. The molecule has 18 nitrogen and oxygen atoms in total. The molecule has 2 saturated heterocycles. The topological polar surface area (TPSA) is 311 Å². The fourth-order valence-corrected chi connectivity index (χ4v) is 8.43. The van der Waals surface area contributed by atoms with Crippen molar-refractivity contribution in [3.05, 3.63) is 85.1 Å². The molecule has 3 fully saturated rings. The number of cyclic esters (lactones) is 1. The van der Waals surface area contributed by atoms with Gasteiger partial charge in [-0.05, 0) is 38.5 Å². The molecule has 0 radical (unpaired) electrons. The van der Waals surface area contributed by atoms with Crippen molar-refractivity contribution in [3.8, 4) is 0 Å². The summed E-state index contributed by atoms with van der Waals surface area (Å²) in [5, 5.41) is 112. The average molecular weight is 963 g/mol. The molecule has 17 atom stereocenters. The summed E-state index contributed by atoms with van der Waals surface area (Å²) in [6, 6.07) is -1.09. The zero-order valence-electron chi connectivity index (χ0n) is 39.3. The van der Waals surface area contributed by atoms with E-state index in [1.165, 1.54) is 0 Å². The van der Waals surface area contributed by atoms with Crippen LogP contribution in [0.4, 0.5) is 0 Å². The van der Waals surface area contributed by atoms with Gasteiger partial charge in [0.1, 0.15) is 12.2 Å². The Labute approximate surface area is 399 Å². The third-order valence-electron chi connectivity index (χ3n) is 12.6. The molecule has 384 valence electrons. The van der Waals surface area contributed by atoms with Crippen LogP contribution in [0.25, 0.3) is 0 Å². The molecule has 0 spiro atoms. The number of allylic oxidation sites excluding steroid dienone is 12. The van der Waals surface area contributed by atoms with Crippen LogP contribution in [0.2, 0.25) is 0 Å². The number of carbonyl (C=O) groups excluding carboxylic acids is 2. The SMILES string of the molecule is C[C@H]1C[C@H](O)[C@@H](C)/C=C/C=C/C=C/C=C/C=C/C=C/C=C/C(O[C@@H]2OC[C@@H](O)[C@H](N)[C@@H]2O)C[C@@H]2OC(O)(CC(O)CC(O)C(O)CCC(O)CC(O)CC(=O)O1)C[C@H](O)[C@H]2C(=O)NCCC1CC1. The molecular formula is C50H78N2O16. The van der Waals surface area contributed by atoms with E-state index in [-0.39, 0.29) is 44.6 Å². The van der Waals surface area contributed by atoms with Gasteiger partial charge in [-0.3, -0.25) is 9.59 Å². The number of carbonyl (C=O) groups is 2. The molecule has 0 aromatic rings. The molecule has 2 bridgehead atoms. The number of ether oxygens (including phenoxy) is 4. The second-order valence-electron chi connectivity index (χ2n) is 18.9. The summed E-state index contributed by atoms with van der Waals surface area (Å²) in [6.45, 7) is 3.60. The van der Waals surface area contributed by atoms with E-state index in [1.54, 1.807) is 49.5 Å². The lowest BCUT2D eigenvalue weighted by Gasteiger charge is -2.45. The highest BCUT2D eigenvalue weighted by atomic mass is 16.7. The number of hydrogen-bond donors (Lipinski definition) is 12. The van der Waals surface area contributed by atoms with Gasteiger partial charge in [-0.1, -0.05) is 105 Å². The van der Waals surface area contributed by atoms with Gasteiger partial charge in [0.15, 0.2) is 12.1 Å². The van der Waals surface area contributed by atoms with Crippen molar-refractivity contribution in [2.45, 2.75) is 182 Å². The third-order valence-corrected chi connectivity index (χ3v) is 12.6. The number of rotatable bonds is 6. The van der Waals surface area contributed by atoms with Gasteiger partial charge in [-0.2, -0.15) is 0 Å². The molecule has 68 heavy (non-hydrogen) atoms. The Kier molecular flexibility index (Phi) is 24.4. The van der Waals surface area contributed by atoms with Crippen molar-refractivity contribution >= 4 is 11.9 Å². The Morgan fingerprint density at radius 1 is 0.706 bits per heavy atom. The van der Waals surface area contributed by atoms with Crippen LogP contribution >= 0.6 is 0 Å². The Morgan fingerprint density at radius 2 is 1.32 bits per heavy atom. The molecule has 4 aliphatic rings. The lowest BCUT2D eigenvalue weighted by molar-refractivity contribution is -0.304. The number of amides is 1. The highest BCUT2D eigenvalue weighted by Gasteiger charge is 2.50. The second-order valence-corrected chi connectivity index (χ2v) is 18.9. The normalized spacial score (nSPS) is 42.9. The molecule has 3 aliphatic heterocycles. The third kappa shape index (κ3) is 20.5. The minimum atomic E-state index is -2.24. The first kappa shape index (κ1) is 57.1. The van der Waals surface area contributed by atoms with Crippen molar-refractivity contribution in [2.75, 3.05) is 13.2 Å². The first-order valence-corrected chi connectivity index (χ1v) is 24.0. The quantitative estimate of drug-likeness (QED) is 0.165. The molecule has 4 rings (SSSR count). The largest absolute Gasteiger partial charge is 0.462 e. The number of nitrogens with two attached hydrogens (primary N) is 1. The maximum atomic E-state index is 13.7. The van der Waals surface area contributed by atoms with Gasteiger partial charge in [0.05, 0.1) is 86.0 Å². The molecular weight excluding hydrogens is 885 g/mol. The van der Waals surface area contributed by atoms with Crippen LogP contribution in [0.5, 0.6) is 0 Å². The van der Waals surface area contributed by atoms with Gasteiger partial charge in [0.25, 0.3) is 0 Å². The number of esters is 1. The predicted molar refractivity (Wildman–Crippen MR) is 251 cm³/mol. The molecule has 1 saturated carbocycles. The highest BCUT2D eigenvalue weighted by Crippen LogP contribution is 2.38. The van der Waals surface area contributed by atoms with Crippen LogP contribution in [-0.4, -0.2) is 167 Å². The van der Waals surface area contributed by atoms with Gasteiger partial charge in [-0.15, -0.1) is 0 Å². The zero-order chi connectivity index (χ0) is 49.8. The van der Waals surface area contributed by atoms with E-state index < -0.39 is 135 Å². The minimum absolute atomic E-state index is 0.0817. The van der Waals surface area contributed by atoms with Crippen LogP contribution in [0.3, 0.4) is 0 Å². The van der Waals surface area contributed by atoms with Gasteiger partial charge in [-0.25, -0.2) is 0 Å². The molecule has 0 aromatic carbocycles. The number of fused-ring (bicyclic) bond motifs is 2. The summed E-state index contributed by atoms with van der Waals surface area (Å²) in [4.78, 5) is 26.3. The number of aliphatic hydroxyl groups is 10. The molecule has 1 amide bonds. The summed E-state index contributed by atoms with van der Waals surface area (Å²) in [5.74, 6) is -4.43. The molecule has 13 N–H and O–H groups in total. The Bertz CT molecular complexity index is 1730. The van der Waals surface area contributed by atoms with E-state index in [2.05, 4.69) is 5.32 Å².